The van der Waals surface area contributed by atoms with Crippen molar-refractivity contribution in [2.24, 2.45) is 4.99 Å². The highest BCUT2D eigenvalue weighted by molar-refractivity contribution is 8.17. The fourth-order valence-electron chi connectivity index (χ4n) is 3.27. The number of hydrogen-bond donors (Lipinski definition) is 1. The quantitative estimate of drug-likeness (QED) is 0.567. The van der Waals surface area contributed by atoms with Crippen molar-refractivity contribution in [1.29, 1.82) is 0 Å². The summed E-state index contributed by atoms with van der Waals surface area (Å²) in [5.41, 5.74) is 2.03. The zero-order valence-electron chi connectivity index (χ0n) is 17.7. The molecule has 3 aromatic carbocycles. The molecule has 9 heteroatoms. The molecule has 0 radical (unpaired) electrons. The van der Waals surface area contributed by atoms with E-state index in [9.17, 15) is 18.0 Å². The topological polar surface area (TPSA) is 95.9 Å². The maximum Gasteiger partial charge on any atom is 0.272 e. The van der Waals surface area contributed by atoms with Gasteiger partial charge in [0.2, 0.25) is 5.91 Å². The van der Waals surface area contributed by atoms with Crippen LogP contribution in [0.2, 0.25) is 0 Å². The molecule has 1 N–H and O–H groups in total. The van der Waals surface area contributed by atoms with E-state index >= 15 is 0 Å². The Balaban J connectivity index is 1.64. The van der Waals surface area contributed by atoms with Crippen LogP contribution in [0.3, 0.4) is 0 Å². The van der Waals surface area contributed by atoms with Gasteiger partial charge in [-0.1, -0.05) is 66.4 Å². The number of benzene rings is 3. The van der Waals surface area contributed by atoms with Crippen molar-refractivity contribution in [2.45, 2.75) is 23.5 Å². The maximum absolute atomic E-state index is 13.3. The Kier molecular flexibility index (Phi) is 6.62. The number of rotatable bonds is 6. The Hall–Kier alpha value is -3.43. The summed E-state index contributed by atoms with van der Waals surface area (Å²) < 4.78 is 27.4. The normalized spacial score (nSPS) is 17.4. The minimum Gasteiger partial charge on any atom is -0.326 e. The summed E-state index contributed by atoms with van der Waals surface area (Å²) in [6.07, 6.45) is -0.188. The van der Waals surface area contributed by atoms with Crippen molar-refractivity contribution in [3.63, 3.8) is 0 Å². The smallest absolute Gasteiger partial charge is 0.272 e. The number of anilines is 1. The summed E-state index contributed by atoms with van der Waals surface area (Å²) in [7, 11) is -4.19. The number of para-hydroxylation sites is 2. The third kappa shape index (κ3) is 4.99. The summed E-state index contributed by atoms with van der Waals surface area (Å²) >= 11 is 0.973. The Morgan fingerprint density at radius 3 is 2.24 bits per heavy atom. The third-order valence-electron chi connectivity index (χ3n) is 4.95. The van der Waals surface area contributed by atoms with E-state index in [1.807, 2.05) is 25.1 Å². The summed E-state index contributed by atoms with van der Waals surface area (Å²) in [6.45, 7) is 1.86. The van der Waals surface area contributed by atoms with Crippen LogP contribution in [-0.4, -0.2) is 35.0 Å². The van der Waals surface area contributed by atoms with Crippen LogP contribution in [0.1, 0.15) is 12.0 Å². The summed E-state index contributed by atoms with van der Waals surface area (Å²) in [5.74, 6) is -1.08. The van der Waals surface area contributed by atoms with E-state index in [0.717, 1.165) is 17.3 Å². The van der Waals surface area contributed by atoms with Crippen molar-refractivity contribution < 1.29 is 18.0 Å². The highest BCUT2D eigenvalue weighted by Crippen LogP contribution is 2.35. The van der Waals surface area contributed by atoms with Crippen LogP contribution in [0.5, 0.6) is 0 Å². The van der Waals surface area contributed by atoms with Crippen molar-refractivity contribution in [3.8, 4) is 0 Å². The lowest BCUT2D eigenvalue weighted by Crippen LogP contribution is -2.38. The second kappa shape index (κ2) is 9.60. The van der Waals surface area contributed by atoms with Gasteiger partial charge in [0.05, 0.1) is 10.6 Å². The first-order valence-corrected chi connectivity index (χ1v) is 12.5. The molecule has 1 atom stereocenters. The van der Waals surface area contributed by atoms with Crippen molar-refractivity contribution >= 4 is 50.1 Å². The van der Waals surface area contributed by atoms with Gasteiger partial charge < -0.3 is 5.32 Å². The maximum atomic E-state index is 13.3. The molecule has 1 heterocycles. The number of amides is 2. The molecule has 33 heavy (non-hydrogen) atoms. The number of aliphatic imine (C=N–C) groups is 1. The van der Waals surface area contributed by atoms with Gasteiger partial charge in [0.1, 0.15) is 5.25 Å². The van der Waals surface area contributed by atoms with Crippen LogP contribution in [0.4, 0.5) is 11.4 Å². The molecule has 1 aliphatic rings. The van der Waals surface area contributed by atoms with Crippen molar-refractivity contribution in [3.05, 3.63) is 90.5 Å². The number of hydrogen-bond acceptors (Lipinski definition) is 6. The van der Waals surface area contributed by atoms with Gasteiger partial charge in [-0.05, 0) is 42.8 Å². The Bertz CT molecular complexity index is 1310. The molecule has 0 saturated carbocycles. The van der Waals surface area contributed by atoms with E-state index in [-0.39, 0.29) is 22.4 Å². The standard InChI is InChI=1S/C24H21N3O4S2/c1-17-10-8-9-15-20(17)26-22(28)16-21-23(29)27(33(30,31)19-13-6-3-7-14-19)24(32-21)25-18-11-4-2-5-12-18/h2-15,21H,16H2,1H3,(H,26,28)/t21-/m1/s1. The average molecular weight is 480 g/mol. The molecule has 0 bridgehead atoms. The van der Waals surface area contributed by atoms with E-state index in [2.05, 4.69) is 10.3 Å². The van der Waals surface area contributed by atoms with Gasteiger partial charge in [0.25, 0.3) is 15.9 Å². The van der Waals surface area contributed by atoms with Gasteiger partial charge in [0, 0.05) is 12.1 Å². The van der Waals surface area contributed by atoms with Gasteiger partial charge in [-0.3, -0.25) is 9.59 Å². The molecule has 1 aliphatic heterocycles. The van der Waals surface area contributed by atoms with Gasteiger partial charge in [-0.2, -0.15) is 4.31 Å². The van der Waals surface area contributed by atoms with Gasteiger partial charge >= 0.3 is 0 Å². The number of aryl methyl sites for hydroxylation is 1. The Morgan fingerprint density at radius 1 is 0.970 bits per heavy atom. The van der Waals surface area contributed by atoms with Gasteiger partial charge in [0.15, 0.2) is 5.17 Å². The molecule has 3 aromatic rings. The number of thioether (sulfide) groups is 1. The molecule has 4 rings (SSSR count). The predicted molar refractivity (Wildman–Crippen MR) is 130 cm³/mol. The summed E-state index contributed by atoms with van der Waals surface area (Å²) in [4.78, 5) is 30.3. The third-order valence-corrected chi connectivity index (χ3v) is 7.90. The summed E-state index contributed by atoms with van der Waals surface area (Å²) in [5, 5.41) is 1.89. The van der Waals surface area contributed by atoms with E-state index in [1.165, 1.54) is 12.1 Å². The molecule has 0 unspecified atom stereocenters. The molecule has 2 amide bonds. The Labute approximate surface area is 196 Å². The van der Waals surface area contributed by atoms with Crippen LogP contribution < -0.4 is 5.32 Å². The molecular formula is C24H21N3O4S2. The van der Waals surface area contributed by atoms with Gasteiger partial charge in [-0.25, -0.2) is 13.4 Å². The first-order chi connectivity index (χ1) is 15.9. The average Bonchev–Trinajstić information content (AvgIpc) is 3.11. The molecule has 168 valence electrons. The minimum atomic E-state index is -4.19. The molecule has 0 aliphatic carbocycles. The van der Waals surface area contributed by atoms with E-state index in [0.29, 0.717) is 15.7 Å². The predicted octanol–water partition coefficient (Wildman–Crippen LogP) is 4.34. The highest BCUT2D eigenvalue weighted by Gasteiger charge is 2.46. The van der Waals surface area contributed by atoms with Crippen LogP contribution in [0.25, 0.3) is 0 Å². The van der Waals surface area contributed by atoms with Crippen molar-refractivity contribution in [1.82, 2.24) is 4.31 Å². The lowest BCUT2D eigenvalue weighted by atomic mass is 10.2. The number of nitrogens with zero attached hydrogens (tertiary/aromatic N) is 2. The zero-order valence-corrected chi connectivity index (χ0v) is 19.3. The van der Waals surface area contributed by atoms with E-state index < -0.39 is 21.2 Å². The first-order valence-electron chi connectivity index (χ1n) is 10.2. The minimum absolute atomic E-state index is 0.0174. The van der Waals surface area contributed by atoms with Crippen LogP contribution in [0, 0.1) is 6.92 Å². The number of nitrogens with one attached hydrogen (secondary N) is 1. The summed E-state index contributed by atoms with van der Waals surface area (Å²) in [6, 6.07) is 23.8. The lowest BCUT2D eigenvalue weighted by Gasteiger charge is -2.17. The van der Waals surface area contributed by atoms with Crippen LogP contribution in [0.15, 0.2) is 94.8 Å². The molecule has 7 nitrogen and oxygen atoms in total. The lowest BCUT2D eigenvalue weighted by molar-refractivity contribution is -0.125. The molecule has 0 spiro atoms. The number of carbonyl (C=O) groups is 2. The van der Waals surface area contributed by atoms with Crippen LogP contribution >= 0.6 is 11.8 Å². The fourth-order valence-corrected chi connectivity index (χ4v) is 6.12. The SMILES string of the molecule is Cc1ccccc1NC(=O)C[C@H]1SC(=Nc2ccccc2)N(S(=O)(=O)c2ccccc2)C1=O. The number of amidine groups is 1. The molecule has 1 saturated heterocycles. The van der Waals surface area contributed by atoms with E-state index in [4.69, 9.17) is 0 Å². The first kappa shape index (κ1) is 22.8. The molecular weight excluding hydrogens is 458 g/mol. The molecule has 1 fully saturated rings. The fraction of sp³-hybridized carbons (Fsp3) is 0.125. The second-order valence-corrected chi connectivity index (χ2v) is 10.3. The van der Waals surface area contributed by atoms with E-state index in [1.54, 1.807) is 54.6 Å². The second-order valence-electron chi connectivity index (χ2n) is 7.32. The zero-order chi connectivity index (χ0) is 23.4. The van der Waals surface area contributed by atoms with Crippen molar-refractivity contribution in [2.75, 3.05) is 5.32 Å². The number of carbonyl (C=O) groups excluding carboxylic acids is 2. The number of sulfonamides is 1. The molecule has 0 aromatic heterocycles. The monoisotopic (exact) mass is 479 g/mol. The Morgan fingerprint density at radius 2 is 1.58 bits per heavy atom. The van der Waals surface area contributed by atoms with Crippen LogP contribution in [-0.2, 0) is 19.6 Å². The largest absolute Gasteiger partial charge is 0.326 e. The highest BCUT2D eigenvalue weighted by atomic mass is 32.2. The van der Waals surface area contributed by atoms with Gasteiger partial charge in [-0.15, -0.1) is 0 Å².